The molecule has 8 nitrogen and oxygen atoms in total. The molecule has 0 bridgehead atoms. The van der Waals surface area contributed by atoms with E-state index in [-0.39, 0.29) is 5.95 Å². The van der Waals surface area contributed by atoms with Crippen LogP contribution in [0, 0.1) is 10.1 Å². The van der Waals surface area contributed by atoms with Crippen molar-refractivity contribution in [1.29, 1.82) is 0 Å². The molecule has 0 aliphatic carbocycles. The molecule has 0 amide bonds. The van der Waals surface area contributed by atoms with Crippen molar-refractivity contribution in [3.05, 3.63) is 48.8 Å². The van der Waals surface area contributed by atoms with E-state index < -0.39 is 10.6 Å². The second kappa shape index (κ2) is 4.70. The lowest BCUT2D eigenvalue weighted by Crippen LogP contribution is -2.19. The van der Waals surface area contributed by atoms with E-state index in [0.29, 0.717) is 12.0 Å². The summed E-state index contributed by atoms with van der Waals surface area (Å²) in [6, 6.07) is 0. The van der Waals surface area contributed by atoms with Gasteiger partial charge < -0.3 is 0 Å². The van der Waals surface area contributed by atoms with Gasteiger partial charge in [-0.3, -0.25) is 9.78 Å². The first-order valence-corrected chi connectivity index (χ1v) is 5.41. The van der Waals surface area contributed by atoms with E-state index >= 15 is 0 Å². The number of nitrogens with zero attached hydrogens (tertiary/aromatic N) is 3. The number of H-pyrrole nitrogens is 1. The van der Waals surface area contributed by atoms with Crippen molar-refractivity contribution in [2.75, 3.05) is 5.43 Å². The number of aromatic amines is 1. The number of anilines is 1. The molecule has 2 aromatic heterocycles. The number of hydrogen-bond donors (Lipinski definition) is 2. The van der Waals surface area contributed by atoms with Crippen molar-refractivity contribution < 1.29 is 5.03 Å². The predicted octanol–water partition coefficient (Wildman–Crippen LogP) is 0.421. The molecule has 0 saturated heterocycles. The zero-order valence-corrected chi connectivity index (χ0v) is 9.23. The van der Waals surface area contributed by atoms with Crippen molar-refractivity contribution in [1.82, 2.24) is 15.0 Å². The van der Waals surface area contributed by atoms with Gasteiger partial charge in [-0.2, -0.15) is 0 Å². The summed E-state index contributed by atoms with van der Waals surface area (Å²) >= 11 is 1.43. The van der Waals surface area contributed by atoms with Crippen LogP contribution in [-0.4, -0.2) is 20.0 Å². The Labute approximate surface area is 98.5 Å². The Morgan fingerprint density at radius 3 is 2.94 bits per heavy atom. The fraction of sp³-hybridized carbons (Fsp3) is 0.125. The van der Waals surface area contributed by atoms with Gasteiger partial charge in [-0.05, 0) is 0 Å². The third-order valence-electron chi connectivity index (χ3n) is 1.90. The molecule has 0 aromatic carbocycles. The van der Waals surface area contributed by atoms with Crippen LogP contribution >= 0.6 is 11.3 Å². The Hall–Kier alpha value is -2.29. The van der Waals surface area contributed by atoms with E-state index in [1.54, 1.807) is 17.0 Å². The van der Waals surface area contributed by atoms with Crippen LogP contribution in [0.1, 0.15) is 10.6 Å². The molecule has 9 heteroatoms. The second-order valence-electron chi connectivity index (χ2n) is 3.06. The molecule has 0 fully saturated rings. The van der Waals surface area contributed by atoms with Gasteiger partial charge in [0.1, 0.15) is 0 Å². The quantitative estimate of drug-likeness (QED) is 0.603. The summed E-state index contributed by atoms with van der Waals surface area (Å²) in [5, 5.41) is 11.9. The minimum absolute atomic E-state index is 0.192. The number of thiazole rings is 1. The molecule has 0 spiro atoms. The topological polar surface area (TPSA) is 114 Å². The minimum Gasteiger partial charge on any atom is -0.288 e. The normalized spacial score (nSPS) is 10.1. The van der Waals surface area contributed by atoms with Crippen LogP contribution in [0.3, 0.4) is 0 Å². The molecule has 0 atom stereocenters. The number of aromatic nitrogens is 3. The fourth-order valence-corrected chi connectivity index (χ4v) is 1.83. The zero-order valence-electron chi connectivity index (χ0n) is 8.41. The average molecular weight is 253 g/mol. The summed E-state index contributed by atoms with van der Waals surface area (Å²) in [4.78, 5) is 31.8. The third-order valence-corrected chi connectivity index (χ3v) is 2.68. The van der Waals surface area contributed by atoms with Gasteiger partial charge in [0.05, 0.1) is 5.01 Å². The van der Waals surface area contributed by atoms with E-state index in [1.807, 2.05) is 0 Å². The molecule has 0 saturated carbocycles. The Morgan fingerprint density at radius 1 is 1.53 bits per heavy atom. The first-order valence-electron chi connectivity index (χ1n) is 4.53. The summed E-state index contributed by atoms with van der Waals surface area (Å²) in [5.74, 6) is -0.192. The van der Waals surface area contributed by atoms with Gasteiger partial charge >= 0.3 is 0 Å². The van der Waals surface area contributed by atoms with E-state index in [4.69, 9.17) is 0 Å². The van der Waals surface area contributed by atoms with Gasteiger partial charge in [0, 0.05) is 29.8 Å². The van der Waals surface area contributed by atoms with Gasteiger partial charge in [-0.1, -0.05) is 5.43 Å². The maximum Gasteiger partial charge on any atom is 0.265 e. The third kappa shape index (κ3) is 2.84. The number of nitro groups is 1. The molecular weight excluding hydrogens is 246 g/mol. The first kappa shape index (κ1) is 11.2. The highest BCUT2D eigenvalue weighted by atomic mass is 32.1. The molecule has 2 N–H and O–H groups in total. The van der Waals surface area contributed by atoms with Gasteiger partial charge in [0.15, 0.2) is 5.03 Å². The largest absolute Gasteiger partial charge is 0.288 e. The molecule has 2 aromatic rings. The van der Waals surface area contributed by atoms with Crippen molar-refractivity contribution >= 4 is 17.3 Å². The Bertz CT molecular complexity index is 579. The number of rotatable bonds is 4. The van der Waals surface area contributed by atoms with Crippen LogP contribution < -0.4 is 11.0 Å². The summed E-state index contributed by atoms with van der Waals surface area (Å²) in [6.45, 7) is 0. The van der Waals surface area contributed by atoms with E-state index in [9.17, 15) is 14.9 Å². The molecule has 88 valence electrons. The molecule has 2 rings (SSSR count). The van der Waals surface area contributed by atoms with E-state index in [1.165, 1.54) is 17.5 Å². The lowest BCUT2D eigenvalue weighted by molar-refractivity contribution is -0.446. The van der Waals surface area contributed by atoms with Gasteiger partial charge in [0.25, 0.3) is 11.5 Å². The van der Waals surface area contributed by atoms with Crippen LogP contribution in [0.25, 0.3) is 0 Å². The first-order chi connectivity index (χ1) is 8.15. The highest BCUT2D eigenvalue weighted by molar-refractivity contribution is 7.09. The Kier molecular flexibility index (Phi) is 3.10. The zero-order chi connectivity index (χ0) is 12.3. The molecular formula is C8H7N5O3S. The van der Waals surface area contributed by atoms with Crippen LogP contribution in [0.15, 0.2) is 22.6 Å². The summed E-state index contributed by atoms with van der Waals surface area (Å²) in [6.07, 6.45) is 3.30. The highest BCUT2D eigenvalue weighted by Gasteiger charge is 2.07. The summed E-state index contributed by atoms with van der Waals surface area (Å²) in [5.41, 5.74) is 1.77. The number of nitrogens with one attached hydrogen (secondary N) is 2. The molecule has 2 heterocycles. The van der Waals surface area contributed by atoms with Crippen molar-refractivity contribution in [2.24, 2.45) is 0 Å². The molecule has 0 aliphatic rings. The number of hydrogen-bond acceptors (Lipinski definition) is 6. The van der Waals surface area contributed by atoms with E-state index in [2.05, 4.69) is 15.0 Å². The minimum atomic E-state index is -0.793. The monoisotopic (exact) mass is 253 g/mol. The maximum atomic E-state index is 11.6. The van der Waals surface area contributed by atoms with Crippen LogP contribution in [0.2, 0.25) is 0 Å². The average Bonchev–Trinajstić information content (AvgIpc) is 2.74. The molecule has 0 radical (unpaired) electrons. The SMILES string of the molecule is O=c1[nH]c(N[N+](=O)[O-])ncc1Cc1nccs1. The smallest absolute Gasteiger partial charge is 0.265 e. The van der Waals surface area contributed by atoms with Crippen LogP contribution in [0.5, 0.6) is 0 Å². The second-order valence-corrected chi connectivity index (χ2v) is 4.04. The number of hydrazine groups is 1. The Balaban J connectivity index is 2.20. The van der Waals surface area contributed by atoms with Gasteiger partial charge in [0.2, 0.25) is 0 Å². The van der Waals surface area contributed by atoms with Gasteiger partial charge in [-0.25, -0.2) is 20.1 Å². The fourth-order valence-electron chi connectivity index (χ4n) is 1.19. The molecule has 17 heavy (non-hydrogen) atoms. The van der Waals surface area contributed by atoms with Crippen LogP contribution in [0.4, 0.5) is 5.95 Å². The van der Waals surface area contributed by atoms with Crippen molar-refractivity contribution in [3.8, 4) is 0 Å². The van der Waals surface area contributed by atoms with Crippen molar-refractivity contribution in [2.45, 2.75) is 6.42 Å². The highest BCUT2D eigenvalue weighted by Crippen LogP contribution is 2.08. The van der Waals surface area contributed by atoms with Gasteiger partial charge in [-0.15, -0.1) is 11.3 Å². The molecule has 0 aliphatic heterocycles. The van der Waals surface area contributed by atoms with Crippen molar-refractivity contribution in [3.63, 3.8) is 0 Å². The van der Waals surface area contributed by atoms with E-state index in [0.717, 1.165) is 5.01 Å². The summed E-state index contributed by atoms with van der Waals surface area (Å²) in [7, 11) is 0. The molecule has 0 unspecified atom stereocenters. The maximum absolute atomic E-state index is 11.6. The lowest BCUT2D eigenvalue weighted by atomic mass is 10.2. The standard InChI is InChI=1S/C8H7N5O3S/c14-7-5(3-6-9-1-2-17-6)4-10-8(11-7)12-13(15)16/h1-2,4H,3H2,(H2,10,11,12,14). The van der Waals surface area contributed by atoms with Crippen LogP contribution in [-0.2, 0) is 6.42 Å². The predicted molar refractivity (Wildman–Crippen MR) is 60.4 cm³/mol. The summed E-state index contributed by atoms with van der Waals surface area (Å²) < 4.78 is 0. The Morgan fingerprint density at radius 2 is 2.35 bits per heavy atom. The lowest BCUT2D eigenvalue weighted by Gasteiger charge is -1.98.